The van der Waals surface area contributed by atoms with Crippen molar-refractivity contribution < 1.29 is 0 Å². The Labute approximate surface area is 149 Å². The van der Waals surface area contributed by atoms with Gasteiger partial charge in [-0.15, -0.1) is 0 Å². The summed E-state index contributed by atoms with van der Waals surface area (Å²) in [6, 6.07) is 16.2. The lowest BCUT2D eigenvalue weighted by Gasteiger charge is -2.15. The molecular weight excluding hydrogens is 340 g/mol. The predicted molar refractivity (Wildman–Crippen MR) is 98.1 cm³/mol. The van der Waals surface area contributed by atoms with Gasteiger partial charge in [-0.1, -0.05) is 53.6 Å². The average Bonchev–Trinajstić information content (AvgIpc) is 3.29. The molecule has 1 fully saturated rings. The smallest absolute Gasteiger partial charge is 0.245 e. The molecule has 5 heteroatoms. The fourth-order valence-electron chi connectivity index (χ4n) is 3.03. The third kappa shape index (κ3) is 2.80. The topological polar surface area (TPSA) is 34.9 Å². The minimum atomic E-state index is -0.217. The summed E-state index contributed by atoms with van der Waals surface area (Å²) in [6.45, 7) is 2.07. The van der Waals surface area contributed by atoms with Gasteiger partial charge in [0.1, 0.15) is 5.01 Å². The van der Waals surface area contributed by atoms with Gasteiger partial charge in [0, 0.05) is 11.4 Å². The van der Waals surface area contributed by atoms with Crippen LogP contribution < -0.4 is 5.69 Å². The fourth-order valence-corrected chi connectivity index (χ4v) is 4.30. The Hall–Kier alpha value is -1.91. The van der Waals surface area contributed by atoms with Crippen LogP contribution in [0, 0.1) is 6.92 Å². The number of halogens is 1. The van der Waals surface area contributed by atoms with Gasteiger partial charge in [-0.05, 0) is 54.6 Å². The van der Waals surface area contributed by atoms with Crippen molar-refractivity contribution >= 4 is 23.1 Å². The molecule has 1 aromatic heterocycles. The van der Waals surface area contributed by atoms with Crippen LogP contribution in [-0.2, 0) is 12.0 Å². The summed E-state index contributed by atoms with van der Waals surface area (Å²) in [5, 5.41) is 1.58. The summed E-state index contributed by atoms with van der Waals surface area (Å²) in [6.07, 6.45) is 2.64. The highest BCUT2D eigenvalue weighted by atomic mass is 35.5. The second kappa shape index (κ2) is 5.87. The van der Waals surface area contributed by atoms with Crippen LogP contribution in [0.2, 0.25) is 5.02 Å². The van der Waals surface area contributed by atoms with Crippen LogP contribution in [0.3, 0.4) is 0 Å². The van der Waals surface area contributed by atoms with E-state index in [9.17, 15) is 4.79 Å². The van der Waals surface area contributed by atoms with Crippen molar-refractivity contribution in [3.63, 3.8) is 0 Å². The molecule has 122 valence electrons. The van der Waals surface area contributed by atoms with Gasteiger partial charge in [0.2, 0.25) is 0 Å². The molecule has 0 amide bonds. The van der Waals surface area contributed by atoms with Crippen LogP contribution in [0.5, 0.6) is 0 Å². The molecule has 1 saturated carbocycles. The Morgan fingerprint density at radius 3 is 2.42 bits per heavy atom. The quantitative estimate of drug-likeness (QED) is 0.694. The van der Waals surface area contributed by atoms with E-state index >= 15 is 0 Å². The van der Waals surface area contributed by atoms with E-state index in [0.717, 1.165) is 23.4 Å². The van der Waals surface area contributed by atoms with Gasteiger partial charge in [0.05, 0.1) is 5.54 Å². The lowest BCUT2D eigenvalue weighted by atomic mass is 10.1. The van der Waals surface area contributed by atoms with Crippen LogP contribution in [-0.4, -0.2) is 8.94 Å². The molecule has 2 aromatic carbocycles. The molecule has 24 heavy (non-hydrogen) atoms. The van der Waals surface area contributed by atoms with Crippen LogP contribution in [0.25, 0.3) is 0 Å². The number of benzene rings is 2. The summed E-state index contributed by atoms with van der Waals surface area (Å²) in [5.74, 6) is 0. The summed E-state index contributed by atoms with van der Waals surface area (Å²) in [7, 11) is 0. The maximum absolute atomic E-state index is 12.4. The number of hydrogen-bond donors (Lipinski definition) is 0. The van der Waals surface area contributed by atoms with Gasteiger partial charge in [0.15, 0.2) is 0 Å². The Bertz CT molecular complexity index is 921. The highest BCUT2D eigenvalue weighted by Gasteiger charge is 2.48. The van der Waals surface area contributed by atoms with Gasteiger partial charge < -0.3 is 0 Å². The van der Waals surface area contributed by atoms with Crippen molar-refractivity contribution in [2.24, 2.45) is 0 Å². The molecule has 0 aliphatic heterocycles. The number of rotatable bonds is 4. The Kier molecular flexibility index (Phi) is 3.82. The molecule has 1 aliphatic rings. The summed E-state index contributed by atoms with van der Waals surface area (Å²) < 4.78 is 1.85. The number of nitrogens with zero attached hydrogens (tertiary/aromatic N) is 2. The van der Waals surface area contributed by atoms with E-state index in [0.29, 0.717) is 11.4 Å². The zero-order valence-electron chi connectivity index (χ0n) is 13.3. The van der Waals surface area contributed by atoms with Crippen molar-refractivity contribution in [3.8, 4) is 0 Å². The summed E-state index contributed by atoms with van der Waals surface area (Å²) in [4.78, 5) is 16.7. The molecule has 1 heterocycles. The van der Waals surface area contributed by atoms with E-state index in [2.05, 4.69) is 36.2 Å². The second-order valence-corrected chi connectivity index (χ2v) is 7.83. The molecule has 0 N–H and O–H groups in total. The maximum atomic E-state index is 12.4. The predicted octanol–water partition coefficient (Wildman–Crippen LogP) is 4.39. The van der Waals surface area contributed by atoms with E-state index in [1.54, 1.807) is 0 Å². The van der Waals surface area contributed by atoms with Crippen molar-refractivity contribution in [2.45, 2.75) is 31.7 Å². The monoisotopic (exact) mass is 356 g/mol. The van der Waals surface area contributed by atoms with Gasteiger partial charge in [-0.2, -0.15) is 4.98 Å². The van der Waals surface area contributed by atoms with Crippen LogP contribution in [0.4, 0.5) is 0 Å². The lowest BCUT2D eigenvalue weighted by molar-refractivity contribution is 0.597. The van der Waals surface area contributed by atoms with Crippen molar-refractivity contribution in [3.05, 3.63) is 85.7 Å². The molecule has 3 aromatic rings. The van der Waals surface area contributed by atoms with E-state index < -0.39 is 0 Å². The first-order valence-corrected chi connectivity index (χ1v) is 9.13. The van der Waals surface area contributed by atoms with Crippen LogP contribution >= 0.6 is 23.1 Å². The van der Waals surface area contributed by atoms with Gasteiger partial charge in [0.25, 0.3) is 0 Å². The SMILES string of the molecule is Cc1ccc(Cc2nc(=O)n(C3(c4ccc(Cl)cc4)CC3)s2)cc1. The minimum Gasteiger partial charge on any atom is -0.245 e. The Morgan fingerprint density at radius 1 is 1.12 bits per heavy atom. The molecule has 0 atom stereocenters. The molecule has 0 unspecified atom stereocenters. The average molecular weight is 357 g/mol. The summed E-state index contributed by atoms with van der Waals surface area (Å²) >= 11 is 7.47. The second-order valence-electron chi connectivity index (χ2n) is 6.37. The third-order valence-electron chi connectivity index (χ3n) is 4.56. The van der Waals surface area contributed by atoms with Gasteiger partial charge in [-0.3, -0.25) is 0 Å². The van der Waals surface area contributed by atoms with Gasteiger partial charge in [-0.25, -0.2) is 8.75 Å². The first-order chi connectivity index (χ1) is 11.6. The lowest BCUT2D eigenvalue weighted by Crippen LogP contribution is -2.27. The van der Waals surface area contributed by atoms with E-state index in [1.165, 1.54) is 22.7 Å². The van der Waals surface area contributed by atoms with E-state index in [-0.39, 0.29) is 11.2 Å². The van der Waals surface area contributed by atoms with E-state index in [4.69, 9.17) is 11.6 Å². The third-order valence-corrected chi connectivity index (χ3v) is 5.95. The zero-order chi connectivity index (χ0) is 16.7. The molecule has 0 radical (unpaired) electrons. The molecule has 0 spiro atoms. The van der Waals surface area contributed by atoms with Crippen LogP contribution in [0.15, 0.2) is 53.3 Å². The van der Waals surface area contributed by atoms with Crippen molar-refractivity contribution in [1.29, 1.82) is 0 Å². The summed E-state index contributed by atoms with van der Waals surface area (Å²) in [5.41, 5.74) is 3.19. The molecule has 0 saturated heterocycles. The number of aryl methyl sites for hydroxylation is 1. The normalized spacial score (nSPS) is 15.4. The molecular formula is C19H17ClN2OS. The van der Waals surface area contributed by atoms with Crippen molar-refractivity contribution in [1.82, 2.24) is 8.94 Å². The zero-order valence-corrected chi connectivity index (χ0v) is 14.9. The van der Waals surface area contributed by atoms with Crippen LogP contribution in [0.1, 0.15) is 34.5 Å². The highest BCUT2D eigenvalue weighted by molar-refractivity contribution is 7.06. The molecule has 0 bridgehead atoms. The van der Waals surface area contributed by atoms with Gasteiger partial charge >= 0.3 is 5.69 Å². The molecule has 3 nitrogen and oxygen atoms in total. The first-order valence-electron chi connectivity index (χ1n) is 7.98. The maximum Gasteiger partial charge on any atom is 0.358 e. The Balaban J connectivity index is 1.65. The Morgan fingerprint density at radius 2 is 1.79 bits per heavy atom. The number of aromatic nitrogens is 2. The molecule has 1 aliphatic carbocycles. The number of hydrogen-bond acceptors (Lipinski definition) is 3. The minimum absolute atomic E-state index is 0.144. The van der Waals surface area contributed by atoms with E-state index in [1.807, 2.05) is 28.2 Å². The van der Waals surface area contributed by atoms with Crippen molar-refractivity contribution in [2.75, 3.05) is 0 Å². The molecule has 4 rings (SSSR count). The largest absolute Gasteiger partial charge is 0.358 e. The first kappa shape index (κ1) is 15.6. The highest BCUT2D eigenvalue weighted by Crippen LogP contribution is 2.49. The standard InChI is InChI=1S/C19H17ClN2OS/c1-13-2-4-14(5-3-13)12-17-21-18(23)22(24-17)19(10-11-19)15-6-8-16(20)9-7-15/h2-9H,10-12H2,1H3. The fraction of sp³-hybridized carbons (Fsp3) is 0.263.